The number of carbonyl (C=O) groups excluding carboxylic acids is 1. The topological polar surface area (TPSA) is 81.7 Å². The Morgan fingerprint density at radius 2 is 1.88 bits per heavy atom. The SMILES string of the molecule is CCCCS(=O)(=O)ONC(=O)OC(C)(C)C. The minimum absolute atomic E-state index is 0.126. The Hall–Kier alpha value is -0.820. The van der Waals surface area contributed by atoms with E-state index in [1.54, 1.807) is 26.3 Å². The Balaban J connectivity index is 4.01. The number of amides is 1. The van der Waals surface area contributed by atoms with Gasteiger partial charge in [0.2, 0.25) is 0 Å². The van der Waals surface area contributed by atoms with Gasteiger partial charge in [0.05, 0.1) is 5.75 Å². The third kappa shape index (κ3) is 8.49. The van der Waals surface area contributed by atoms with Crippen LogP contribution in [0.5, 0.6) is 0 Å². The quantitative estimate of drug-likeness (QED) is 0.752. The minimum atomic E-state index is -3.71. The van der Waals surface area contributed by atoms with Gasteiger partial charge < -0.3 is 4.74 Å². The van der Waals surface area contributed by atoms with Crippen LogP contribution in [-0.2, 0) is 19.1 Å². The van der Waals surface area contributed by atoms with Crippen molar-refractivity contribution in [1.82, 2.24) is 5.48 Å². The first kappa shape index (κ1) is 15.2. The van der Waals surface area contributed by atoms with Crippen molar-refractivity contribution in [3.8, 4) is 0 Å². The molecule has 0 atom stereocenters. The number of unbranched alkanes of at least 4 members (excludes halogenated alkanes) is 1. The van der Waals surface area contributed by atoms with Crippen molar-refractivity contribution in [2.75, 3.05) is 5.75 Å². The standard InChI is InChI=1S/C9H19NO5S/c1-5-6-7-16(12,13)15-10-8(11)14-9(2,3)4/h5-7H2,1-4H3,(H,10,11). The molecular weight excluding hydrogens is 234 g/mol. The number of ether oxygens (including phenoxy) is 1. The van der Waals surface area contributed by atoms with Crippen molar-refractivity contribution in [2.24, 2.45) is 0 Å². The van der Waals surface area contributed by atoms with Gasteiger partial charge in [-0.15, -0.1) is 4.28 Å². The average molecular weight is 253 g/mol. The highest BCUT2D eigenvalue weighted by atomic mass is 32.2. The molecule has 0 rings (SSSR count). The molecule has 0 saturated heterocycles. The summed E-state index contributed by atoms with van der Waals surface area (Å²) in [6, 6.07) is 0. The molecule has 0 aromatic rings. The maximum Gasteiger partial charge on any atom is 0.432 e. The molecule has 0 unspecified atom stereocenters. The summed E-state index contributed by atoms with van der Waals surface area (Å²) in [5, 5.41) is 0. The summed E-state index contributed by atoms with van der Waals surface area (Å²) in [6.45, 7) is 6.85. The number of rotatable bonds is 5. The molecule has 96 valence electrons. The molecule has 7 heteroatoms. The van der Waals surface area contributed by atoms with Crippen molar-refractivity contribution in [2.45, 2.75) is 46.1 Å². The maximum absolute atomic E-state index is 11.2. The molecule has 0 aliphatic carbocycles. The molecule has 0 spiro atoms. The number of hydrogen-bond acceptors (Lipinski definition) is 5. The third-order valence-corrected chi connectivity index (χ3v) is 2.52. The van der Waals surface area contributed by atoms with Crippen molar-refractivity contribution in [3.05, 3.63) is 0 Å². The largest absolute Gasteiger partial charge is 0.442 e. The monoisotopic (exact) mass is 253 g/mol. The Kier molecular flexibility index (Phi) is 5.74. The number of nitrogens with one attached hydrogen (secondary N) is 1. The van der Waals surface area contributed by atoms with E-state index in [1.165, 1.54) is 0 Å². The van der Waals surface area contributed by atoms with Crippen molar-refractivity contribution < 1.29 is 22.2 Å². The molecule has 0 aromatic carbocycles. The van der Waals surface area contributed by atoms with Gasteiger partial charge >= 0.3 is 6.09 Å². The molecule has 0 aliphatic heterocycles. The summed E-state index contributed by atoms with van der Waals surface area (Å²) in [7, 11) is -3.71. The van der Waals surface area contributed by atoms with Crippen LogP contribution in [0.15, 0.2) is 0 Å². The van der Waals surface area contributed by atoms with Crippen LogP contribution >= 0.6 is 0 Å². The molecule has 1 amide bonds. The zero-order valence-electron chi connectivity index (χ0n) is 10.1. The molecule has 0 aliphatic rings. The van der Waals surface area contributed by atoms with E-state index in [2.05, 4.69) is 4.28 Å². The minimum Gasteiger partial charge on any atom is -0.442 e. The van der Waals surface area contributed by atoms with Crippen LogP contribution in [0.2, 0.25) is 0 Å². The number of carbonyl (C=O) groups is 1. The molecule has 0 saturated carbocycles. The Morgan fingerprint density at radius 1 is 1.31 bits per heavy atom. The van der Waals surface area contributed by atoms with Gasteiger partial charge in [-0.3, -0.25) is 0 Å². The van der Waals surface area contributed by atoms with Crippen LogP contribution < -0.4 is 5.48 Å². The lowest BCUT2D eigenvalue weighted by Gasteiger charge is -2.19. The van der Waals surface area contributed by atoms with Crippen LogP contribution in [0.25, 0.3) is 0 Å². The second-order valence-electron chi connectivity index (χ2n) is 4.30. The van der Waals surface area contributed by atoms with E-state index in [9.17, 15) is 13.2 Å². The molecule has 0 aromatic heterocycles. The van der Waals surface area contributed by atoms with Crippen LogP contribution in [0, 0.1) is 0 Å². The molecule has 0 radical (unpaired) electrons. The lowest BCUT2D eigenvalue weighted by atomic mass is 10.2. The average Bonchev–Trinajstić information content (AvgIpc) is 2.09. The lowest BCUT2D eigenvalue weighted by Crippen LogP contribution is -2.34. The summed E-state index contributed by atoms with van der Waals surface area (Å²) in [5.74, 6) is -0.126. The molecule has 6 nitrogen and oxygen atoms in total. The first-order chi connectivity index (χ1) is 7.16. The first-order valence-corrected chi connectivity index (χ1v) is 6.64. The van der Waals surface area contributed by atoms with Crippen LogP contribution in [-0.4, -0.2) is 25.9 Å². The van der Waals surface area contributed by atoms with Gasteiger partial charge in [0.25, 0.3) is 10.1 Å². The molecule has 16 heavy (non-hydrogen) atoms. The van der Waals surface area contributed by atoms with Crippen molar-refractivity contribution in [3.63, 3.8) is 0 Å². The van der Waals surface area contributed by atoms with Gasteiger partial charge in [0.1, 0.15) is 5.60 Å². The molecule has 0 bridgehead atoms. The normalized spacial score (nSPS) is 12.2. The van der Waals surface area contributed by atoms with E-state index < -0.39 is 21.8 Å². The van der Waals surface area contributed by atoms with Gasteiger partial charge in [-0.1, -0.05) is 13.3 Å². The Labute approximate surface area is 96.4 Å². The molecule has 0 fully saturated rings. The number of hydrogen-bond donors (Lipinski definition) is 1. The summed E-state index contributed by atoms with van der Waals surface area (Å²) in [6.07, 6.45) is 0.292. The highest BCUT2D eigenvalue weighted by Crippen LogP contribution is 2.06. The van der Waals surface area contributed by atoms with E-state index in [4.69, 9.17) is 4.74 Å². The summed E-state index contributed by atoms with van der Waals surface area (Å²) in [5.41, 5.74) is 1.05. The van der Waals surface area contributed by atoms with Crippen LogP contribution in [0.3, 0.4) is 0 Å². The predicted octanol–water partition coefficient (Wildman–Crippen LogP) is 1.57. The van der Waals surface area contributed by atoms with E-state index in [0.717, 1.165) is 6.42 Å². The van der Waals surface area contributed by atoms with Crippen LogP contribution in [0.1, 0.15) is 40.5 Å². The highest BCUT2D eigenvalue weighted by molar-refractivity contribution is 7.86. The second-order valence-corrected chi connectivity index (χ2v) is 5.99. The summed E-state index contributed by atoms with van der Waals surface area (Å²) >= 11 is 0. The van der Waals surface area contributed by atoms with Crippen molar-refractivity contribution in [1.29, 1.82) is 0 Å². The molecule has 1 N–H and O–H groups in total. The lowest BCUT2D eigenvalue weighted by molar-refractivity contribution is 0.0298. The van der Waals surface area contributed by atoms with Gasteiger partial charge in [-0.25, -0.2) is 4.79 Å². The second kappa shape index (κ2) is 6.05. The third-order valence-electron chi connectivity index (χ3n) is 1.40. The van der Waals surface area contributed by atoms with E-state index in [-0.39, 0.29) is 5.75 Å². The van der Waals surface area contributed by atoms with E-state index in [0.29, 0.717) is 6.42 Å². The van der Waals surface area contributed by atoms with Gasteiger partial charge in [0, 0.05) is 0 Å². The summed E-state index contributed by atoms with van der Waals surface area (Å²) in [4.78, 5) is 11.1. The van der Waals surface area contributed by atoms with Crippen molar-refractivity contribution >= 4 is 16.2 Å². The fraction of sp³-hybridized carbons (Fsp3) is 0.889. The Morgan fingerprint density at radius 3 is 2.31 bits per heavy atom. The zero-order chi connectivity index (χ0) is 12.8. The molecular formula is C9H19NO5S. The van der Waals surface area contributed by atoms with Gasteiger partial charge in [-0.05, 0) is 27.2 Å². The fourth-order valence-electron chi connectivity index (χ4n) is 0.759. The smallest absolute Gasteiger partial charge is 0.432 e. The highest BCUT2D eigenvalue weighted by Gasteiger charge is 2.18. The van der Waals surface area contributed by atoms with Gasteiger partial charge in [0.15, 0.2) is 0 Å². The van der Waals surface area contributed by atoms with Gasteiger partial charge in [-0.2, -0.15) is 13.9 Å². The maximum atomic E-state index is 11.2. The van der Waals surface area contributed by atoms with E-state index >= 15 is 0 Å². The first-order valence-electron chi connectivity index (χ1n) is 5.06. The number of hydroxylamine groups is 1. The Bertz CT molecular complexity index is 317. The summed E-state index contributed by atoms with van der Waals surface area (Å²) < 4.78 is 31.4. The fourth-order valence-corrected chi connectivity index (χ4v) is 1.68. The van der Waals surface area contributed by atoms with Crippen LogP contribution in [0.4, 0.5) is 4.79 Å². The molecule has 0 heterocycles. The van der Waals surface area contributed by atoms with E-state index in [1.807, 2.05) is 6.92 Å². The predicted molar refractivity (Wildman–Crippen MR) is 59.1 cm³/mol. The zero-order valence-corrected chi connectivity index (χ0v) is 10.9.